The number of hydrogen-bond donors (Lipinski definition) is 2. The van der Waals surface area contributed by atoms with E-state index in [1.807, 2.05) is 6.07 Å². The van der Waals surface area contributed by atoms with Gasteiger partial charge >= 0.3 is 0 Å². The summed E-state index contributed by atoms with van der Waals surface area (Å²) in [6, 6.07) is 14.6. The molecule has 1 fully saturated rings. The maximum absolute atomic E-state index is 12.1. The number of aromatic amines is 1. The second kappa shape index (κ2) is 5.54. The van der Waals surface area contributed by atoms with Crippen LogP contribution in [0.15, 0.2) is 42.5 Å². The van der Waals surface area contributed by atoms with Crippen molar-refractivity contribution in [1.82, 2.24) is 10.2 Å². The lowest BCUT2D eigenvalue weighted by Crippen LogP contribution is -2.28. The SMILES string of the molecule is Cc1ccc(-c2ccc3c(NC(=O)C4CCC4)n[nH]c3c2)cc1. The molecule has 1 amide bonds. The molecule has 0 unspecified atom stereocenters. The summed E-state index contributed by atoms with van der Waals surface area (Å²) in [4.78, 5) is 12.1. The van der Waals surface area contributed by atoms with Gasteiger partial charge in [-0.2, -0.15) is 5.10 Å². The Bertz CT molecular complexity index is 860. The van der Waals surface area contributed by atoms with Crippen molar-refractivity contribution in [3.05, 3.63) is 48.0 Å². The zero-order valence-corrected chi connectivity index (χ0v) is 13.1. The van der Waals surface area contributed by atoms with Crippen molar-refractivity contribution in [1.29, 1.82) is 0 Å². The van der Waals surface area contributed by atoms with Crippen LogP contribution in [-0.4, -0.2) is 16.1 Å². The number of nitrogens with one attached hydrogen (secondary N) is 2. The Labute approximate surface area is 134 Å². The van der Waals surface area contributed by atoms with Gasteiger partial charge in [0.05, 0.1) is 5.52 Å². The minimum absolute atomic E-state index is 0.0901. The van der Waals surface area contributed by atoms with E-state index in [1.165, 1.54) is 11.1 Å². The van der Waals surface area contributed by atoms with Gasteiger partial charge in [-0.05, 0) is 43.0 Å². The lowest BCUT2D eigenvalue weighted by atomic mass is 9.85. The van der Waals surface area contributed by atoms with E-state index < -0.39 is 0 Å². The Morgan fingerprint density at radius 2 is 1.87 bits per heavy atom. The maximum Gasteiger partial charge on any atom is 0.228 e. The molecule has 0 bridgehead atoms. The Morgan fingerprint density at radius 1 is 1.13 bits per heavy atom. The van der Waals surface area contributed by atoms with Gasteiger partial charge in [-0.25, -0.2) is 0 Å². The predicted molar refractivity (Wildman–Crippen MR) is 92.2 cm³/mol. The van der Waals surface area contributed by atoms with Crippen molar-refractivity contribution < 1.29 is 4.79 Å². The molecule has 1 saturated carbocycles. The second-order valence-corrected chi connectivity index (χ2v) is 6.32. The molecule has 0 spiro atoms. The van der Waals surface area contributed by atoms with Crippen LogP contribution in [0.1, 0.15) is 24.8 Å². The van der Waals surface area contributed by atoms with Gasteiger partial charge in [-0.15, -0.1) is 0 Å². The highest BCUT2D eigenvalue weighted by Gasteiger charge is 2.26. The Hall–Kier alpha value is -2.62. The van der Waals surface area contributed by atoms with Crippen molar-refractivity contribution >= 4 is 22.6 Å². The number of H-pyrrole nitrogens is 1. The third-order valence-electron chi connectivity index (χ3n) is 4.67. The van der Waals surface area contributed by atoms with Crippen molar-refractivity contribution in [2.24, 2.45) is 5.92 Å². The van der Waals surface area contributed by atoms with Crippen molar-refractivity contribution in [3.63, 3.8) is 0 Å². The number of aromatic nitrogens is 2. The fourth-order valence-electron chi connectivity index (χ4n) is 2.93. The molecule has 1 heterocycles. The van der Waals surface area contributed by atoms with E-state index in [2.05, 4.69) is 58.8 Å². The predicted octanol–water partition coefficient (Wildman–Crippen LogP) is 4.28. The number of carbonyl (C=O) groups is 1. The monoisotopic (exact) mass is 305 g/mol. The topological polar surface area (TPSA) is 57.8 Å². The first-order chi connectivity index (χ1) is 11.2. The van der Waals surface area contributed by atoms with Gasteiger partial charge in [-0.3, -0.25) is 9.89 Å². The van der Waals surface area contributed by atoms with Gasteiger partial charge in [0.2, 0.25) is 5.91 Å². The van der Waals surface area contributed by atoms with E-state index in [-0.39, 0.29) is 11.8 Å². The van der Waals surface area contributed by atoms with Gasteiger partial charge in [-0.1, -0.05) is 42.3 Å². The molecule has 0 aliphatic heterocycles. The summed E-state index contributed by atoms with van der Waals surface area (Å²) >= 11 is 0. The summed E-state index contributed by atoms with van der Waals surface area (Å²) in [5.74, 6) is 0.883. The average Bonchev–Trinajstić information content (AvgIpc) is 2.88. The number of rotatable bonds is 3. The van der Waals surface area contributed by atoms with Crippen molar-refractivity contribution in [2.45, 2.75) is 26.2 Å². The quantitative estimate of drug-likeness (QED) is 0.759. The molecule has 2 aromatic carbocycles. The molecule has 4 heteroatoms. The molecule has 1 aliphatic carbocycles. The van der Waals surface area contributed by atoms with Crippen molar-refractivity contribution in [3.8, 4) is 11.1 Å². The minimum Gasteiger partial charge on any atom is -0.308 e. The number of nitrogens with zero attached hydrogens (tertiary/aromatic N) is 1. The first-order valence-corrected chi connectivity index (χ1v) is 8.07. The standard InChI is InChI=1S/C19H19N3O/c1-12-5-7-13(8-6-12)15-9-10-16-17(11-15)21-22-18(16)20-19(23)14-3-2-4-14/h5-11,14H,2-4H2,1H3,(H2,20,21,22,23). The minimum atomic E-state index is 0.0901. The maximum atomic E-state index is 12.1. The summed E-state index contributed by atoms with van der Waals surface area (Å²) < 4.78 is 0. The molecule has 0 atom stereocenters. The number of benzene rings is 2. The molecule has 4 nitrogen and oxygen atoms in total. The Balaban J connectivity index is 1.63. The van der Waals surface area contributed by atoms with Crippen LogP contribution in [0.5, 0.6) is 0 Å². The summed E-state index contributed by atoms with van der Waals surface area (Å²) in [5, 5.41) is 11.2. The van der Waals surface area contributed by atoms with E-state index in [0.717, 1.165) is 35.7 Å². The number of carbonyl (C=O) groups excluding carboxylic acids is 1. The normalized spacial score (nSPS) is 14.7. The molecule has 1 aromatic heterocycles. The Morgan fingerprint density at radius 3 is 2.57 bits per heavy atom. The fraction of sp³-hybridized carbons (Fsp3) is 0.263. The summed E-state index contributed by atoms with van der Waals surface area (Å²) in [7, 11) is 0. The second-order valence-electron chi connectivity index (χ2n) is 6.32. The molecule has 4 rings (SSSR count). The number of aryl methyl sites for hydroxylation is 1. The molecule has 0 saturated heterocycles. The van der Waals surface area contributed by atoms with E-state index in [4.69, 9.17) is 0 Å². The summed E-state index contributed by atoms with van der Waals surface area (Å²) in [6.45, 7) is 2.08. The molecule has 2 N–H and O–H groups in total. The third-order valence-corrected chi connectivity index (χ3v) is 4.67. The number of hydrogen-bond acceptors (Lipinski definition) is 2. The Kier molecular flexibility index (Phi) is 3.37. The largest absolute Gasteiger partial charge is 0.308 e. The van der Waals surface area contributed by atoms with Crippen LogP contribution in [-0.2, 0) is 4.79 Å². The van der Waals surface area contributed by atoms with Gasteiger partial charge in [0.15, 0.2) is 5.82 Å². The van der Waals surface area contributed by atoms with E-state index >= 15 is 0 Å². The van der Waals surface area contributed by atoms with Crippen LogP contribution < -0.4 is 5.32 Å². The molecular formula is C19H19N3O. The number of anilines is 1. The van der Waals surface area contributed by atoms with Crippen LogP contribution >= 0.6 is 0 Å². The van der Waals surface area contributed by atoms with Crippen LogP contribution in [0, 0.1) is 12.8 Å². The molecule has 116 valence electrons. The highest BCUT2D eigenvalue weighted by atomic mass is 16.2. The highest BCUT2D eigenvalue weighted by molar-refractivity contribution is 6.01. The lowest BCUT2D eigenvalue weighted by molar-refractivity contribution is -0.122. The first-order valence-electron chi connectivity index (χ1n) is 8.07. The molecule has 3 aromatic rings. The van der Waals surface area contributed by atoms with Crippen LogP contribution in [0.25, 0.3) is 22.0 Å². The number of amides is 1. The van der Waals surface area contributed by atoms with Gasteiger partial charge < -0.3 is 5.32 Å². The van der Waals surface area contributed by atoms with Crippen LogP contribution in [0.2, 0.25) is 0 Å². The van der Waals surface area contributed by atoms with E-state index in [0.29, 0.717) is 5.82 Å². The molecule has 1 aliphatic rings. The lowest BCUT2D eigenvalue weighted by Gasteiger charge is -2.23. The van der Waals surface area contributed by atoms with Crippen LogP contribution in [0.4, 0.5) is 5.82 Å². The molecule has 0 radical (unpaired) electrons. The van der Waals surface area contributed by atoms with E-state index in [1.54, 1.807) is 0 Å². The number of fused-ring (bicyclic) bond motifs is 1. The highest BCUT2D eigenvalue weighted by Crippen LogP contribution is 2.30. The van der Waals surface area contributed by atoms with Gasteiger partial charge in [0, 0.05) is 11.3 Å². The van der Waals surface area contributed by atoms with Crippen LogP contribution in [0.3, 0.4) is 0 Å². The van der Waals surface area contributed by atoms with Crippen molar-refractivity contribution in [2.75, 3.05) is 5.32 Å². The first kappa shape index (κ1) is 14.0. The van der Waals surface area contributed by atoms with Gasteiger partial charge in [0.25, 0.3) is 0 Å². The van der Waals surface area contributed by atoms with Gasteiger partial charge in [0.1, 0.15) is 0 Å². The third kappa shape index (κ3) is 2.61. The fourth-order valence-corrected chi connectivity index (χ4v) is 2.93. The van der Waals surface area contributed by atoms with E-state index in [9.17, 15) is 4.79 Å². The summed E-state index contributed by atoms with van der Waals surface area (Å²) in [6.07, 6.45) is 3.14. The zero-order chi connectivity index (χ0) is 15.8. The zero-order valence-electron chi connectivity index (χ0n) is 13.1. The molecule has 23 heavy (non-hydrogen) atoms. The smallest absolute Gasteiger partial charge is 0.228 e. The summed E-state index contributed by atoms with van der Waals surface area (Å²) in [5.41, 5.74) is 4.49. The molecular weight excluding hydrogens is 286 g/mol. The average molecular weight is 305 g/mol.